The Morgan fingerprint density at radius 2 is 1.93 bits per heavy atom. The quantitative estimate of drug-likeness (QED) is 0.578. The Morgan fingerprint density at radius 1 is 1.17 bits per heavy atom. The summed E-state index contributed by atoms with van der Waals surface area (Å²) in [7, 11) is -3.63. The number of urea groups is 1. The molecular formula is C21H20N4O4S. The van der Waals surface area contributed by atoms with Gasteiger partial charge in [-0.05, 0) is 41.0 Å². The maximum Gasteiger partial charge on any atom is 0.312 e. The summed E-state index contributed by atoms with van der Waals surface area (Å²) in [5.41, 5.74) is 10.9. The summed E-state index contributed by atoms with van der Waals surface area (Å²) in [6.07, 6.45) is 3.28. The van der Waals surface area contributed by atoms with Gasteiger partial charge in [0.15, 0.2) is 15.6 Å². The van der Waals surface area contributed by atoms with Crippen molar-refractivity contribution in [3.63, 3.8) is 0 Å². The summed E-state index contributed by atoms with van der Waals surface area (Å²) in [5.74, 6) is 0.511. The predicted octanol–water partition coefficient (Wildman–Crippen LogP) is 2.33. The maximum absolute atomic E-state index is 13.3. The Bertz CT molecular complexity index is 1180. The second kappa shape index (κ2) is 8.13. The fraction of sp³-hybridized carbons (Fsp3) is 0.143. The number of carbonyl (C=O) groups excluding carboxylic acids is 1. The van der Waals surface area contributed by atoms with Gasteiger partial charge in [0.2, 0.25) is 0 Å². The number of fused-ring (bicyclic) bond motifs is 1. The molecule has 0 saturated carbocycles. The Kier molecular flexibility index (Phi) is 5.39. The molecule has 9 heteroatoms. The molecule has 2 aromatic carbocycles. The first-order valence-corrected chi connectivity index (χ1v) is 10.8. The van der Waals surface area contributed by atoms with E-state index in [1.165, 1.54) is 0 Å². The minimum absolute atomic E-state index is 0.161. The van der Waals surface area contributed by atoms with Crippen LogP contribution in [0.3, 0.4) is 0 Å². The standard InChI is InChI=1S/C21H20N4O4S/c22-21(26)24-12-15-11-23-10-9-17(15)14-5-7-16(8-6-14)30(27,28)20-13-25-29-19-4-2-1-3-18(19)20/h1-11,20,25H,12-13H2,(H3,22,24,26). The van der Waals surface area contributed by atoms with E-state index in [2.05, 4.69) is 15.8 Å². The van der Waals surface area contributed by atoms with E-state index in [4.69, 9.17) is 10.6 Å². The minimum Gasteiger partial charge on any atom is -0.408 e. The smallest absolute Gasteiger partial charge is 0.312 e. The molecule has 1 unspecified atom stereocenters. The van der Waals surface area contributed by atoms with Gasteiger partial charge in [0, 0.05) is 24.5 Å². The average molecular weight is 424 g/mol. The van der Waals surface area contributed by atoms with Crippen LogP contribution in [0.5, 0.6) is 5.75 Å². The number of nitrogens with two attached hydrogens (primary N) is 1. The molecular weight excluding hydrogens is 404 g/mol. The molecule has 154 valence electrons. The number of rotatable bonds is 5. The van der Waals surface area contributed by atoms with Crippen molar-refractivity contribution in [2.24, 2.45) is 5.73 Å². The van der Waals surface area contributed by atoms with Gasteiger partial charge in [0.25, 0.3) is 0 Å². The number of hydrogen-bond acceptors (Lipinski definition) is 6. The first-order valence-electron chi connectivity index (χ1n) is 9.26. The average Bonchev–Trinajstić information content (AvgIpc) is 2.77. The Labute approximate surface area is 174 Å². The van der Waals surface area contributed by atoms with Crippen molar-refractivity contribution in [3.05, 3.63) is 78.1 Å². The summed E-state index contributed by atoms with van der Waals surface area (Å²) in [4.78, 5) is 20.7. The normalized spacial score (nSPS) is 15.7. The van der Waals surface area contributed by atoms with Crippen molar-refractivity contribution in [1.82, 2.24) is 15.8 Å². The molecule has 8 nitrogen and oxygen atoms in total. The topological polar surface area (TPSA) is 123 Å². The summed E-state index contributed by atoms with van der Waals surface area (Å²) < 4.78 is 26.6. The van der Waals surface area contributed by atoms with Crippen molar-refractivity contribution in [3.8, 4) is 16.9 Å². The second-order valence-electron chi connectivity index (χ2n) is 6.80. The molecule has 4 N–H and O–H groups in total. The van der Waals surface area contributed by atoms with Gasteiger partial charge >= 0.3 is 6.03 Å². The van der Waals surface area contributed by atoms with Gasteiger partial charge in [-0.25, -0.2) is 13.2 Å². The fourth-order valence-corrected chi connectivity index (χ4v) is 5.10. The number of hydroxylamine groups is 1. The van der Waals surface area contributed by atoms with Gasteiger partial charge < -0.3 is 15.9 Å². The molecule has 3 aromatic rings. The second-order valence-corrected chi connectivity index (χ2v) is 8.93. The van der Waals surface area contributed by atoms with E-state index in [9.17, 15) is 13.2 Å². The Morgan fingerprint density at radius 3 is 2.70 bits per heavy atom. The van der Waals surface area contributed by atoms with Crippen LogP contribution in [0, 0.1) is 0 Å². The van der Waals surface area contributed by atoms with E-state index < -0.39 is 21.1 Å². The number of pyridine rings is 1. The summed E-state index contributed by atoms with van der Waals surface area (Å²) in [5, 5.41) is 1.80. The number of amides is 2. The van der Waals surface area contributed by atoms with E-state index in [0.717, 1.165) is 16.7 Å². The molecule has 0 aliphatic carbocycles. The molecule has 0 spiro atoms. The van der Waals surface area contributed by atoms with E-state index >= 15 is 0 Å². The van der Waals surface area contributed by atoms with Crippen molar-refractivity contribution in [2.45, 2.75) is 16.7 Å². The number of benzene rings is 2. The van der Waals surface area contributed by atoms with Gasteiger partial charge in [0.05, 0.1) is 11.4 Å². The number of nitrogens with zero attached hydrogens (tertiary/aromatic N) is 1. The van der Waals surface area contributed by atoms with Gasteiger partial charge in [-0.3, -0.25) is 4.98 Å². The van der Waals surface area contributed by atoms with E-state index in [-0.39, 0.29) is 18.0 Å². The fourth-order valence-electron chi connectivity index (χ4n) is 3.44. The third-order valence-corrected chi connectivity index (χ3v) is 7.04. The van der Waals surface area contributed by atoms with Crippen LogP contribution in [0.1, 0.15) is 16.4 Å². The number of para-hydroxylation sites is 1. The molecule has 2 heterocycles. The van der Waals surface area contributed by atoms with Crippen molar-refractivity contribution in [2.75, 3.05) is 6.54 Å². The maximum atomic E-state index is 13.3. The lowest BCUT2D eigenvalue weighted by atomic mass is 10.0. The lowest BCUT2D eigenvalue weighted by Gasteiger charge is -2.26. The summed E-state index contributed by atoms with van der Waals surface area (Å²) >= 11 is 0. The molecule has 1 aliphatic rings. The molecule has 1 aromatic heterocycles. The van der Waals surface area contributed by atoms with Crippen LogP contribution in [0.4, 0.5) is 4.79 Å². The SMILES string of the molecule is NC(=O)NCc1cnccc1-c1ccc(S(=O)(=O)C2CNOc3ccccc32)cc1. The van der Waals surface area contributed by atoms with Gasteiger partial charge in [-0.1, -0.05) is 30.3 Å². The highest BCUT2D eigenvalue weighted by molar-refractivity contribution is 7.91. The largest absolute Gasteiger partial charge is 0.408 e. The number of sulfone groups is 1. The highest BCUT2D eigenvalue weighted by Crippen LogP contribution is 2.36. The molecule has 0 fully saturated rings. The van der Waals surface area contributed by atoms with Crippen LogP contribution in [-0.2, 0) is 16.4 Å². The highest BCUT2D eigenvalue weighted by Gasteiger charge is 2.34. The number of carbonyl (C=O) groups is 1. The number of primary amides is 1. The summed E-state index contributed by atoms with van der Waals surface area (Å²) in [6, 6.07) is 14.9. The third-order valence-electron chi connectivity index (χ3n) is 4.94. The monoisotopic (exact) mass is 424 g/mol. The zero-order chi connectivity index (χ0) is 21.1. The first kappa shape index (κ1) is 19.9. The lowest BCUT2D eigenvalue weighted by molar-refractivity contribution is 0.177. The molecule has 1 aliphatic heterocycles. The lowest BCUT2D eigenvalue weighted by Crippen LogP contribution is -2.34. The number of hydrogen-bond donors (Lipinski definition) is 3. The van der Waals surface area contributed by atoms with Crippen LogP contribution in [0.2, 0.25) is 0 Å². The molecule has 0 saturated heterocycles. The van der Waals surface area contributed by atoms with Crippen LogP contribution < -0.4 is 21.4 Å². The highest BCUT2D eigenvalue weighted by atomic mass is 32.2. The van der Waals surface area contributed by atoms with E-state index in [1.807, 2.05) is 0 Å². The van der Waals surface area contributed by atoms with Crippen molar-refractivity contribution >= 4 is 15.9 Å². The predicted molar refractivity (Wildman–Crippen MR) is 111 cm³/mol. The zero-order valence-corrected chi connectivity index (χ0v) is 16.7. The van der Waals surface area contributed by atoms with Gasteiger partial charge in [0.1, 0.15) is 5.25 Å². The Balaban J connectivity index is 1.64. The van der Waals surface area contributed by atoms with Gasteiger partial charge in [-0.2, -0.15) is 5.48 Å². The minimum atomic E-state index is -3.63. The number of nitrogens with one attached hydrogen (secondary N) is 2. The molecule has 1 atom stereocenters. The molecule has 0 bridgehead atoms. The zero-order valence-electron chi connectivity index (χ0n) is 15.9. The third kappa shape index (κ3) is 3.85. The van der Waals surface area contributed by atoms with Crippen LogP contribution in [0.25, 0.3) is 11.1 Å². The van der Waals surface area contributed by atoms with Crippen LogP contribution >= 0.6 is 0 Å². The van der Waals surface area contributed by atoms with Crippen molar-refractivity contribution < 1.29 is 18.0 Å². The molecule has 30 heavy (non-hydrogen) atoms. The Hall–Kier alpha value is -3.43. The van der Waals surface area contributed by atoms with E-state index in [1.54, 1.807) is 67.0 Å². The van der Waals surface area contributed by atoms with Crippen LogP contribution in [-0.4, -0.2) is 26.0 Å². The van der Waals surface area contributed by atoms with Crippen molar-refractivity contribution in [1.29, 1.82) is 0 Å². The molecule has 0 radical (unpaired) electrons. The molecule has 2 amide bonds. The van der Waals surface area contributed by atoms with Gasteiger partial charge in [-0.15, -0.1) is 0 Å². The number of aromatic nitrogens is 1. The van der Waals surface area contributed by atoms with Crippen LogP contribution in [0.15, 0.2) is 71.9 Å². The van der Waals surface area contributed by atoms with E-state index in [0.29, 0.717) is 11.3 Å². The first-order chi connectivity index (χ1) is 14.5. The summed E-state index contributed by atoms with van der Waals surface area (Å²) in [6.45, 7) is 0.386. The molecule has 4 rings (SSSR count).